The summed E-state index contributed by atoms with van der Waals surface area (Å²) in [7, 11) is 3.36. The Morgan fingerprint density at radius 1 is 1.29 bits per heavy atom. The molecule has 0 unspecified atom stereocenters. The lowest BCUT2D eigenvalue weighted by Crippen LogP contribution is -2.26. The van der Waals surface area contributed by atoms with E-state index in [1.807, 2.05) is 24.3 Å². The van der Waals surface area contributed by atoms with Crippen LogP contribution in [-0.4, -0.2) is 25.0 Å². The van der Waals surface area contributed by atoms with Gasteiger partial charge in [0.1, 0.15) is 5.75 Å². The van der Waals surface area contributed by atoms with Crippen LogP contribution in [0.25, 0.3) is 0 Å². The molecular weight excluding hydrogens is 354 g/mol. The van der Waals surface area contributed by atoms with Gasteiger partial charge in [0.15, 0.2) is 0 Å². The summed E-state index contributed by atoms with van der Waals surface area (Å²) in [6, 6.07) is 12.8. The van der Waals surface area contributed by atoms with Crippen LogP contribution in [0.4, 0.5) is 0 Å². The third-order valence-electron chi connectivity index (χ3n) is 3.05. The smallest absolute Gasteiger partial charge is 0.253 e. The van der Waals surface area contributed by atoms with Crippen molar-refractivity contribution in [1.29, 1.82) is 0 Å². The normalized spacial score (nSPS) is 10.3. The lowest BCUT2D eigenvalue weighted by Gasteiger charge is -2.18. The fourth-order valence-electron chi connectivity index (χ4n) is 2.00. The molecule has 0 radical (unpaired) electrons. The van der Waals surface area contributed by atoms with E-state index in [-0.39, 0.29) is 5.91 Å². The van der Waals surface area contributed by atoms with Crippen LogP contribution in [0.15, 0.2) is 46.9 Å². The lowest BCUT2D eigenvalue weighted by molar-refractivity contribution is 0.0785. The molecule has 0 saturated carbocycles. The highest BCUT2D eigenvalue weighted by atomic mass is 79.9. The maximum Gasteiger partial charge on any atom is 0.253 e. The standard InChI is InChI=1S/C16H15BrClNO2/c1-19(10-11-4-3-5-13(18)8-11)16(20)12-6-7-15(21-2)14(17)9-12/h3-9H,10H2,1-2H3. The maximum absolute atomic E-state index is 12.4. The minimum absolute atomic E-state index is 0.0571. The van der Waals surface area contributed by atoms with Crippen LogP contribution in [0.2, 0.25) is 5.02 Å². The number of ether oxygens (including phenoxy) is 1. The number of amides is 1. The number of carbonyl (C=O) groups excluding carboxylic acids is 1. The molecule has 1 amide bonds. The van der Waals surface area contributed by atoms with Crippen molar-refractivity contribution in [3.63, 3.8) is 0 Å². The summed E-state index contributed by atoms with van der Waals surface area (Å²) >= 11 is 9.34. The number of carbonyl (C=O) groups is 1. The van der Waals surface area contributed by atoms with E-state index in [4.69, 9.17) is 16.3 Å². The van der Waals surface area contributed by atoms with Crippen LogP contribution >= 0.6 is 27.5 Å². The monoisotopic (exact) mass is 367 g/mol. The summed E-state index contributed by atoms with van der Waals surface area (Å²) in [5, 5.41) is 0.667. The average molecular weight is 369 g/mol. The van der Waals surface area contributed by atoms with Crippen molar-refractivity contribution in [3.8, 4) is 5.75 Å². The van der Waals surface area contributed by atoms with Gasteiger partial charge in [-0.05, 0) is 51.8 Å². The summed E-state index contributed by atoms with van der Waals surface area (Å²) < 4.78 is 5.92. The third-order valence-corrected chi connectivity index (χ3v) is 3.91. The molecule has 110 valence electrons. The zero-order valence-corrected chi connectivity index (χ0v) is 14.1. The second kappa shape index (κ2) is 6.96. The largest absolute Gasteiger partial charge is 0.496 e. The molecule has 0 spiro atoms. The number of hydrogen-bond acceptors (Lipinski definition) is 2. The van der Waals surface area contributed by atoms with Crippen molar-refractivity contribution in [3.05, 3.63) is 63.1 Å². The van der Waals surface area contributed by atoms with E-state index in [2.05, 4.69) is 15.9 Å². The van der Waals surface area contributed by atoms with Gasteiger partial charge in [-0.25, -0.2) is 0 Å². The number of benzene rings is 2. The highest BCUT2D eigenvalue weighted by Gasteiger charge is 2.14. The first kappa shape index (κ1) is 15.9. The van der Waals surface area contributed by atoms with Gasteiger partial charge in [-0.1, -0.05) is 23.7 Å². The topological polar surface area (TPSA) is 29.5 Å². The SMILES string of the molecule is COc1ccc(C(=O)N(C)Cc2cccc(Cl)c2)cc1Br. The maximum atomic E-state index is 12.4. The summed E-state index contributed by atoms with van der Waals surface area (Å²) in [5.41, 5.74) is 1.60. The minimum atomic E-state index is -0.0571. The van der Waals surface area contributed by atoms with Gasteiger partial charge in [0.2, 0.25) is 0 Å². The van der Waals surface area contributed by atoms with Gasteiger partial charge >= 0.3 is 0 Å². The van der Waals surface area contributed by atoms with E-state index in [1.54, 1.807) is 37.3 Å². The van der Waals surface area contributed by atoms with E-state index < -0.39 is 0 Å². The van der Waals surface area contributed by atoms with E-state index >= 15 is 0 Å². The molecule has 0 N–H and O–H groups in total. The molecule has 0 aliphatic heterocycles. The molecule has 0 atom stereocenters. The first-order chi connectivity index (χ1) is 10.0. The molecular formula is C16H15BrClNO2. The van der Waals surface area contributed by atoms with Crippen molar-refractivity contribution >= 4 is 33.4 Å². The molecule has 0 aliphatic carbocycles. The first-order valence-electron chi connectivity index (χ1n) is 6.34. The van der Waals surface area contributed by atoms with E-state index in [9.17, 15) is 4.79 Å². The van der Waals surface area contributed by atoms with Crippen LogP contribution in [0.3, 0.4) is 0 Å². The van der Waals surface area contributed by atoms with Gasteiger partial charge in [-0.15, -0.1) is 0 Å². The van der Waals surface area contributed by atoms with E-state index in [1.165, 1.54) is 0 Å². The van der Waals surface area contributed by atoms with E-state index in [0.29, 0.717) is 22.9 Å². The number of hydrogen-bond donors (Lipinski definition) is 0. The Hall–Kier alpha value is -1.52. The van der Waals surface area contributed by atoms with Gasteiger partial charge in [0.25, 0.3) is 5.91 Å². The Morgan fingerprint density at radius 2 is 2.05 bits per heavy atom. The Labute approximate surface area is 137 Å². The summed E-state index contributed by atoms with van der Waals surface area (Å²) in [4.78, 5) is 14.1. The number of nitrogens with zero attached hydrogens (tertiary/aromatic N) is 1. The second-order valence-corrected chi connectivity index (χ2v) is 5.93. The van der Waals surface area contributed by atoms with Crippen molar-refractivity contribution in [2.45, 2.75) is 6.54 Å². The fourth-order valence-corrected chi connectivity index (χ4v) is 2.75. The molecule has 2 aromatic rings. The lowest BCUT2D eigenvalue weighted by atomic mass is 10.1. The van der Waals surface area contributed by atoms with Crippen LogP contribution in [0, 0.1) is 0 Å². The molecule has 0 fully saturated rings. The van der Waals surface area contributed by atoms with Gasteiger partial charge in [-0.3, -0.25) is 4.79 Å². The van der Waals surface area contributed by atoms with Crippen molar-refractivity contribution in [2.24, 2.45) is 0 Å². The summed E-state index contributed by atoms with van der Waals surface area (Å²) in [6.45, 7) is 0.503. The molecule has 3 nitrogen and oxygen atoms in total. The Bertz CT molecular complexity index is 660. The van der Waals surface area contributed by atoms with Crippen LogP contribution in [-0.2, 0) is 6.54 Å². The van der Waals surface area contributed by atoms with Gasteiger partial charge < -0.3 is 9.64 Å². The highest BCUT2D eigenvalue weighted by molar-refractivity contribution is 9.10. The minimum Gasteiger partial charge on any atom is -0.496 e. The van der Waals surface area contributed by atoms with Crippen LogP contribution in [0.5, 0.6) is 5.75 Å². The van der Waals surface area contributed by atoms with Crippen molar-refractivity contribution in [1.82, 2.24) is 4.90 Å². The Balaban J connectivity index is 2.14. The predicted molar refractivity (Wildman–Crippen MR) is 87.9 cm³/mol. The first-order valence-corrected chi connectivity index (χ1v) is 7.52. The zero-order chi connectivity index (χ0) is 15.4. The molecule has 0 saturated heterocycles. The van der Waals surface area contributed by atoms with Crippen LogP contribution < -0.4 is 4.74 Å². The summed E-state index contributed by atoms with van der Waals surface area (Å²) in [5.74, 6) is 0.641. The third kappa shape index (κ3) is 3.99. The molecule has 0 aliphatic rings. The molecule has 5 heteroatoms. The van der Waals surface area contributed by atoms with E-state index in [0.717, 1.165) is 10.0 Å². The average Bonchev–Trinajstić information content (AvgIpc) is 2.46. The Kier molecular flexibility index (Phi) is 5.26. The van der Waals surface area contributed by atoms with Crippen molar-refractivity contribution in [2.75, 3.05) is 14.2 Å². The fraction of sp³-hybridized carbons (Fsp3) is 0.188. The summed E-state index contributed by atoms with van der Waals surface area (Å²) in [6.07, 6.45) is 0. The van der Waals surface area contributed by atoms with Gasteiger partial charge in [-0.2, -0.15) is 0 Å². The molecule has 0 heterocycles. The quantitative estimate of drug-likeness (QED) is 0.801. The Morgan fingerprint density at radius 3 is 2.67 bits per heavy atom. The molecule has 0 bridgehead atoms. The molecule has 21 heavy (non-hydrogen) atoms. The molecule has 0 aromatic heterocycles. The van der Waals surface area contributed by atoms with Crippen molar-refractivity contribution < 1.29 is 9.53 Å². The number of rotatable bonds is 4. The zero-order valence-electron chi connectivity index (χ0n) is 11.8. The molecule has 2 rings (SSSR count). The van der Waals surface area contributed by atoms with Crippen LogP contribution in [0.1, 0.15) is 15.9 Å². The van der Waals surface area contributed by atoms with Gasteiger partial charge in [0.05, 0.1) is 11.6 Å². The molecule has 2 aromatic carbocycles. The number of halogens is 2. The highest BCUT2D eigenvalue weighted by Crippen LogP contribution is 2.26. The predicted octanol–water partition coefficient (Wildman–Crippen LogP) is 4.38. The van der Waals surface area contributed by atoms with Gasteiger partial charge in [0, 0.05) is 24.2 Å². The second-order valence-electron chi connectivity index (χ2n) is 4.64. The number of methoxy groups -OCH3 is 1.